The summed E-state index contributed by atoms with van der Waals surface area (Å²) in [5.41, 5.74) is 2.89. The minimum atomic E-state index is 0.538. The first kappa shape index (κ1) is 18.2. The third kappa shape index (κ3) is 7.66. The lowest BCUT2D eigenvalue weighted by Crippen LogP contribution is -2.20. The Labute approximate surface area is 132 Å². The van der Waals surface area contributed by atoms with Crippen LogP contribution in [-0.2, 0) is 6.42 Å². The van der Waals surface area contributed by atoms with E-state index < -0.39 is 0 Å². The van der Waals surface area contributed by atoms with Crippen molar-refractivity contribution in [1.29, 1.82) is 0 Å². The SMILES string of the molecule is CCCCCCCCCC(NCC)c1ccc(CC)cc1. The van der Waals surface area contributed by atoms with Crippen LogP contribution in [0.4, 0.5) is 0 Å². The number of aryl methyl sites for hydroxylation is 1. The van der Waals surface area contributed by atoms with Crippen molar-refractivity contribution in [3.8, 4) is 0 Å². The maximum atomic E-state index is 3.65. The standard InChI is InChI=1S/C20H35N/c1-4-7-8-9-10-11-12-13-20(21-6-3)19-16-14-18(5-2)15-17-19/h14-17,20-21H,4-13H2,1-3H3. The molecule has 1 aromatic rings. The Hall–Kier alpha value is -0.820. The van der Waals surface area contributed by atoms with E-state index in [9.17, 15) is 0 Å². The maximum absolute atomic E-state index is 3.65. The molecule has 1 atom stereocenters. The Morgan fingerprint density at radius 3 is 2.00 bits per heavy atom. The smallest absolute Gasteiger partial charge is 0.0320 e. The zero-order chi connectivity index (χ0) is 15.3. The molecular formula is C20H35N. The minimum absolute atomic E-state index is 0.538. The molecule has 1 N–H and O–H groups in total. The van der Waals surface area contributed by atoms with E-state index in [-0.39, 0.29) is 0 Å². The molecule has 120 valence electrons. The van der Waals surface area contributed by atoms with Crippen LogP contribution in [0.5, 0.6) is 0 Å². The number of benzene rings is 1. The summed E-state index contributed by atoms with van der Waals surface area (Å²) >= 11 is 0. The van der Waals surface area contributed by atoms with Gasteiger partial charge in [-0.2, -0.15) is 0 Å². The molecule has 0 aliphatic heterocycles. The Morgan fingerprint density at radius 1 is 0.810 bits per heavy atom. The largest absolute Gasteiger partial charge is 0.310 e. The fraction of sp³-hybridized carbons (Fsp3) is 0.700. The number of hydrogen-bond donors (Lipinski definition) is 1. The first-order valence-electron chi connectivity index (χ1n) is 9.14. The second kappa shape index (κ2) is 11.8. The van der Waals surface area contributed by atoms with Gasteiger partial charge < -0.3 is 5.32 Å². The second-order valence-corrected chi connectivity index (χ2v) is 6.12. The van der Waals surface area contributed by atoms with E-state index in [1.54, 1.807) is 0 Å². The van der Waals surface area contributed by atoms with Crippen molar-refractivity contribution in [3.05, 3.63) is 35.4 Å². The molecule has 1 aromatic carbocycles. The van der Waals surface area contributed by atoms with Crippen molar-refractivity contribution in [2.24, 2.45) is 0 Å². The summed E-state index contributed by atoms with van der Waals surface area (Å²) in [6.45, 7) is 7.76. The van der Waals surface area contributed by atoms with Gasteiger partial charge in [-0.1, -0.05) is 90.0 Å². The Morgan fingerprint density at radius 2 is 1.43 bits per heavy atom. The van der Waals surface area contributed by atoms with Crippen molar-refractivity contribution >= 4 is 0 Å². The van der Waals surface area contributed by atoms with Gasteiger partial charge in [-0.05, 0) is 30.5 Å². The van der Waals surface area contributed by atoms with Crippen molar-refractivity contribution in [3.63, 3.8) is 0 Å². The third-order valence-electron chi connectivity index (χ3n) is 4.34. The van der Waals surface area contributed by atoms with Crippen molar-refractivity contribution < 1.29 is 0 Å². The van der Waals surface area contributed by atoms with Gasteiger partial charge >= 0.3 is 0 Å². The number of rotatable bonds is 12. The molecule has 0 radical (unpaired) electrons. The van der Waals surface area contributed by atoms with Gasteiger partial charge in [0.2, 0.25) is 0 Å². The predicted octanol–water partition coefficient (Wildman–Crippen LogP) is 6.04. The Bertz CT molecular complexity index is 341. The average Bonchev–Trinajstić information content (AvgIpc) is 2.53. The van der Waals surface area contributed by atoms with Crippen LogP contribution in [-0.4, -0.2) is 6.54 Å². The normalized spacial score (nSPS) is 12.5. The summed E-state index contributed by atoms with van der Waals surface area (Å²) < 4.78 is 0. The molecule has 0 aliphatic carbocycles. The lowest BCUT2D eigenvalue weighted by molar-refractivity contribution is 0.475. The summed E-state index contributed by atoms with van der Waals surface area (Å²) in [7, 11) is 0. The van der Waals surface area contributed by atoms with Gasteiger partial charge in [-0.15, -0.1) is 0 Å². The molecule has 0 aromatic heterocycles. The van der Waals surface area contributed by atoms with Crippen molar-refractivity contribution in [2.45, 2.75) is 84.6 Å². The first-order valence-corrected chi connectivity index (χ1v) is 9.14. The van der Waals surface area contributed by atoms with Gasteiger partial charge in [-0.25, -0.2) is 0 Å². The van der Waals surface area contributed by atoms with Gasteiger partial charge in [0.05, 0.1) is 0 Å². The van der Waals surface area contributed by atoms with E-state index in [0.717, 1.165) is 13.0 Å². The lowest BCUT2D eigenvalue weighted by atomic mass is 9.98. The molecule has 1 nitrogen and oxygen atoms in total. The van der Waals surface area contributed by atoms with Gasteiger partial charge in [-0.3, -0.25) is 0 Å². The first-order chi connectivity index (χ1) is 10.3. The lowest BCUT2D eigenvalue weighted by Gasteiger charge is -2.18. The van der Waals surface area contributed by atoms with Gasteiger partial charge in [0, 0.05) is 6.04 Å². The summed E-state index contributed by atoms with van der Waals surface area (Å²) in [4.78, 5) is 0. The van der Waals surface area contributed by atoms with Crippen LogP contribution in [0.1, 0.15) is 89.3 Å². The predicted molar refractivity (Wildman–Crippen MR) is 94.8 cm³/mol. The molecule has 1 heteroatoms. The average molecular weight is 290 g/mol. The minimum Gasteiger partial charge on any atom is -0.310 e. The van der Waals surface area contributed by atoms with E-state index >= 15 is 0 Å². The second-order valence-electron chi connectivity index (χ2n) is 6.12. The monoisotopic (exact) mass is 289 g/mol. The van der Waals surface area contributed by atoms with Crippen LogP contribution in [0.3, 0.4) is 0 Å². The van der Waals surface area contributed by atoms with Crippen LogP contribution < -0.4 is 5.32 Å². The Kier molecular flexibility index (Phi) is 10.2. The van der Waals surface area contributed by atoms with Crippen LogP contribution in [0, 0.1) is 0 Å². The van der Waals surface area contributed by atoms with Crippen LogP contribution in [0.2, 0.25) is 0 Å². The Balaban J connectivity index is 2.32. The summed E-state index contributed by atoms with van der Waals surface area (Å²) in [5.74, 6) is 0. The zero-order valence-electron chi connectivity index (χ0n) is 14.5. The molecule has 0 saturated carbocycles. The molecule has 0 bridgehead atoms. The maximum Gasteiger partial charge on any atom is 0.0320 e. The highest BCUT2D eigenvalue weighted by Crippen LogP contribution is 2.21. The molecule has 0 amide bonds. The molecule has 1 rings (SSSR count). The quantitative estimate of drug-likeness (QED) is 0.462. The summed E-state index contributed by atoms with van der Waals surface area (Å²) in [5, 5.41) is 3.65. The highest BCUT2D eigenvalue weighted by molar-refractivity contribution is 5.25. The number of unbranched alkanes of at least 4 members (excludes halogenated alkanes) is 6. The van der Waals surface area contributed by atoms with E-state index in [2.05, 4.69) is 50.4 Å². The molecular weight excluding hydrogens is 254 g/mol. The van der Waals surface area contributed by atoms with Gasteiger partial charge in [0.15, 0.2) is 0 Å². The van der Waals surface area contributed by atoms with E-state index in [0.29, 0.717) is 6.04 Å². The third-order valence-corrected chi connectivity index (χ3v) is 4.34. The molecule has 1 unspecified atom stereocenters. The van der Waals surface area contributed by atoms with Gasteiger partial charge in [0.25, 0.3) is 0 Å². The van der Waals surface area contributed by atoms with Gasteiger partial charge in [0.1, 0.15) is 0 Å². The molecule has 0 aliphatic rings. The highest BCUT2D eigenvalue weighted by atomic mass is 14.9. The van der Waals surface area contributed by atoms with Crippen LogP contribution in [0.25, 0.3) is 0 Å². The highest BCUT2D eigenvalue weighted by Gasteiger charge is 2.09. The zero-order valence-corrected chi connectivity index (χ0v) is 14.5. The molecule has 0 saturated heterocycles. The molecule has 0 fully saturated rings. The number of hydrogen-bond acceptors (Lipinski definition) is 1. The molecule has 0 spiro atoms. The molecule has 0 heterocycles. The fourth-order valence-electron chi connectivity index (χ4n) is 2.92. The molecule has 21 heavy (non-hydrogen) atoms. The summed E-state index contributed by atoms with van der Waals surface area (Å²) in [6, 6.07) is 9.73. The van der Waals surface area contributed by atoms with E-state index in [4.69, 9.17) is 0 Å². The van der Waals surface area contributed by atoms with E-state index in [1.165, 1.54) is 62.5 Å². The fourth-order valence-corrected chi connectivity index (χ4v) is 2.92. The van der Waals surface area contributed by atoms with Crippen LogP contribution in [0.15, 0.2) is 24.3 Å². The van der Waals surface area contributed by atoms with Crippen molar-refractivity contribution in [1.82, 2.24) is 5.32 Å². The van der Waals surface area contributed by atoms with Crippen LogP contribution >= 0.6 is 0 Å². The van der Waals surface area contributed by atoms with E-state index in [1.807, 2.05) is 0 Å². The number of nitrogens with one attached hydrogen (secondary N) is 1. The topological polar surface area (TPSA) is 12.0 Å². The summed E-state index contributed by atoms with van der Waals surface area (Å²) in [6.07, 6.45) is 12.1. The van der Waals surface area contributed by atoms with Crippen molar-refractivity contribution in [2.75, 3.05) is 6.54 Å².